The van der Waals surface area contributed by atoms with Crippen molar-refractivity contribution in [3.05, 3.63) is 12.2 Å². The van der Waals surface area contributed by atoms with Gasteiger partial charge < -0.3 is 14.9 Å². The first kappa shape index (κ1) is 14.9. The molecule has 4 bridgehead atoms. The molecule has 2 N–H and O–H groups in total. The Labute approximate surface area is 141 Å². The number of carboxylic acid groups (broad SMARTS) is 2. The van der Waals surface area contributed by atoms with Gasteiger partial charge in [0.2, 0.25) is 0 Å². The van der Waals surface area contributed by atoms with E-state index in [0.29, 0.717) is 17.8 Å². The molecule has 0 aromatic carbocycles. The van der Waals surface area contributed by atoms with Crippen molar-refractivity contribution < 1.29 is 24.5 Å². The Kier molecular flexibility index (Phi) is 3.01. The number of carboxylic acids is 2. The number of hydrogen-bond donors (Lipinski definition) is 2. The van der Waals surface area contributed by atoms with E-state index in [4.69, 9.17) is 4.74 Å². The number of aliphatic carboxylic acids is 2. The molecule has 5 nitrogen and oxygen atoms in total. The third-order valence-corrected chi connectivity index (χ3v) is 7.90. The smallest absolute Gasteiger partial charge is 0.310 e. The Morgan fingerprint density at radius 2 is 1.71 bits per heavy atom. The largest absolute Gasteiger partial charge is 0.481 e. The summed E-state index contributed by atoms with van der Waals surface area (Å²) in [5, 5.41) is 19.5. The zero-order chi connectivity index (χ0) is 16.6. The molecule has 0 amide bonds. The molecule has 5 rings (SSSR count). The maximum atomic E-state index is 12.0. The van der Waals surface area contributed by atoms with Crippen LogP contribution in [0.4, 0.5) is 0 Å². The van der Waals surface area contributed by atoms with Crippen molar-refractivity contribution in [1.29, 1.82) is 0 Å². The number of fused-ring (bicyclic) bond motifs is 9. The molecule has 4 fully saturated rings. The predicted molar refractivity (Wildman–Crippen MR) is 84.1 cm³/mol. The molecule has 0 spiro atoms. The minimum atomic E-state index is -1.00. The highest BCUT2D eigenvalue weighted by Crippen LogP contribution is 2.73. The minimum absolute atomic E-state index is 0.125. The lowest BCUT2D eigenvalue weighted by atomic mass is 9.49. The van der Waals surface area contributed by atoms with Crippen molar-refractivity contribution in [2.45, 2.75) is 50.7 Å². The van der Waals surface area contributed by atoms with E-state index in [1.54, 1.807) is 0 Å². The van der Waals surface area contributed by atoms with Gasteiger partial charge in [0, 0.05) is 11.3 Å². The molecule has 2 saturated heterocycles. The lowest BCUT2D eigenvalue weighted by molar-refractivity contribution is -0.160. The van der Waals surface area contributed by atoms with Crippen molar-refractivity contribution in [2.24, 2.45) is 40.9 Å². The average molecular weight is 332 g/mol. The standard InChI is InChI=1S/C19H24O5/c20-17(21)12-13(18(22)23)16-19(10-4-2-1-3-5-10)11-7-6-9(8-11)14(19)15(12)24-16/h6-7,9-16H,1-5,8H2,(H,20,21)(H,22,23). The van der Waals surface area contributed by atoms with Crippen LogP contribution in [0.3, 0.4) is 0 Å². The molecule has 0 aromatic heterocycles. The van der Waals surface area contributed by atoms with Crippen molar-refractivity contribution in [2.75, 3.05) is 0 Å². The van der Waals surface area contributed by atoms with Crippen LogP contribution in [0.1, 0.15) is 38.5 Å². The Bertz CT molecular complexity index is 621. The van der Waals surface area contributed by atoms with Crippen LogP contribution < -0.4 is 0 Å². The van der Waals surface area contributed by atoms with Crippen LogP contribution >= 0.6 is 0 Å². The SMILES string of the molecule is O=C(O)C1C2OC(C1C(=O)O)C1(C3CCCCC3)C3C=CC(C3)C21. The summed E-state index contributed by atoms with van der Waals surface area (Å²) in [5.74, 6) is -2.32. The summed E-state index contributed by atoms with van der Waals surface area (Å²) >= 11 is 0. The molecule has 0 radical (unpaired) electrons. The minimum Gasteiger partial charge on any atom is -0.481 e. The average Bonchev–Trinajstić information content (AvgIpc) is 3.31. The Morgan fingerprint density at radius 1 is 1.00 bits per heavy atom. The van der Waals surface area contributed by atoms with Crippen LogP contribution in [0.25, 0.3) is 0 Å². The van der Waals surface area contributed by atoms with Gasteiger partial charge in [-0.2, -0.15) is 0 Å². The lowest BCUT2D eigenvalue weighted by Gasteiger charge is -2.52. The van der Waals surface area contributed by atoms with Gasteiger partial charge in [-0.1, -0.05) is 31.4 Å². The van der Waals surface area contributed by atoms with Gasteiger partial charge in [-0.15, -0.1) is 0 Å². The van der Waals surface area contributed by atoms with Crippen LogP contribution in [-0.4, -0.2) is 34.4 Å². The van der Waals surface area contributed by atoms with Crippen LogP contribution in [0.5, 0.6) is 0 Å². The maximum absolute atomic E-state index is 12.0. The van der Waals surface area contributed by atoms with Crippen LogP contribution in [0.15, 0.2) is 12.2 Å². The second-order valence-electron chi connectivity index (χ2n) is 8.50. The monoisotopic (exact) mass is 332 g/mol. The molecule has 3 aliphatic carbocycles. The molecule has 2 heterocycles. The molecule has 2 aliphatic heterocycles. The summed E-state index contributed by atoms with van der Waals surface area (Å²) in [5.41, 5.74) is -0.125. The predicted octanol–water partition coefficient (Wildman–Crippen LogP) is 2.56. The third-order valence-electron chi connectivity index (χ3n) is 7.90. The van der Waals surface area contributed by atoms with Crippen LogP contribution in [-0.2, 0) is 14.3 Å². The Balaban J connectivity index is 1.63. The number of hydrogen-bond acceptors (Lipinski definition) is 3. The highest BCUT2D eigenvalue weighted by atomic mass is 16.5. The Morgan fingerprint density at radius 3 is 2.38 bits per heavy atom. The molecule has 130 valence electrons. The summed E-state index contributed by atoms with van der Waals surface area (Å²) in [7, 11) is 0. The number of ether oxygens (including phenoxy) is 1. The highest BCUT2D eigenvalue weighted by molar-refractivity contribution is 5.82. The molecule has 2 saturated carbocycles. The van der Waals surface area contributed by atoms with Gasteiger partial charge >= 0.3 is 11.9 Å². The van der Waals surface area contributed by atoms with Gasteiger partial charge in [0.25, 0.3) is 0 Å². The molecular formula is C19H24O5. The first-order chi connectivity index (χ1) is 11.6. The van der Waals surface area contributed by atoms with Gasteiger partial charge in [0.15, 0.2) is 0 Å². The Hall–Kier alpha value is -1.36. The summed E-state index contributed by atoms with van der Waals surface area (Å²) in [6.45, 7) is 0. The van der Waals surface area contributed by atoms with E-state index in [0.717, 1.165) is 19.3 Å². The van der Waals surface area contributed by atoms with E-state index in [9.17, 15) is 19.8 Å². The molecular weight excluding hydrogens is 308 g/mol. The summed E-state index contributed by atoms with van der Waals surface area (Å²) in [6, 6.07) is 0. The topological polar surface area (TPSA) is 83.8 Å². The van der Waals surface area contributed by atoms with Crippen molar-refractivity contribution >= 4 is 11.9 Å². The fourth-order valence-electron chi connectivity index (χ4n) is 7.37. The first-order valence-corrected chi connectivity index (χ1v) is 9.36. The van der Waals surface area contributed by atoms with Gasteiger partial charge in [0.05, 0.1) is 24.0 Å². The lowest BCUT2D eigenvalue weighted by Crippen LogP contribution is -2.57. The molecule has 0 aromatic rings. The molecule has 8 unspecified atom stereocenters. The zero-order valence-electron chi connectivity index (χ0n) is 13.6. The molecule has 8 atom stereocenters. The van der Waals surface area contributed by atoms with Gasteiger partial charge in [-0.05, 0) is 37.0 Å². The number of rotatable bonds is 3. The van der Waals surface area contributed by atoms with Crippen molar-refractivity contribution in [3.63, 3.8) is 0 Å². The second-order valence-corrected chi connectivity index (χ2v) is 8.50. The van der Waals surface area contributed by atoms with Crippen molar-refractivity contribution in [3.8, 4) is 0 Å². The fourth-order valence-corrected chi connectivity index (χ4v) is 7.37. The first-order valence-electron chi connectivity index (χ1n) is 9.36. The fraction of sp³-hybridized carbons (Fsp3) is 0.789. The van der Waals surface area contributed by atoms with Gasteiger partial charge in [0.1, 0.15) is 0 Å². The van der Waals surface area contributed by atoms with E-state index in [-0.39, 0.29) is 11.3 Å². The van der Waals surface area contributed by atoms with Gasteiger partial charge in [-0.25, -0.2) is 0 Å². The molecule has 5 aliphatic rings. The summed E-state index contributed by atoms with van der Waals surface area (Å²) in [4.78, 5) is 23.8. The summed E-state index contributed by atoms with van der Waals surface area (Å²) in [6.07, 6.45) is 10.7. The third kappa shape index (κ3) is 1.55. The van der Waals surface area contributed by atoms with Crippen LogP contribution in [0.2, 0.25) is 0 Å². The van der Waals surface area contributed by atoms with Crippen molar-refractivity contribution in [1.82, 2.24) is 0 Å². The quantitative estimate of drug-likeness (QED) is 0.776. The van der Waals surface area contributed by atoms with E-state index >= 15 is 0 Å². The normalized spacial score (nSPS) is 51.9. The van der Waals surface area contributed by atoms with E-state index in [1.807, 2.05) is 0 Å². The van der Waals surface area contributed by atoms with Crippen LogP contribution in [0, 0.1) is 40.9 Å². The van der Waals surface area contributed by atoms with E-state index in [1.165, 1.54) is 19.3 Å². The second kappa shape index (κ2) is 4.84. The van der Waals surface area contributed by atoms with Gasteiger partial charge in [-0.3, -0.25) is 9.59 Å². The maximum Gasteiger partial charge on any atom is 0.310 e. The molecule has 24 heavy (non-hydrogen) atoms. The van der Waals surface area contributed by atoms with E-state index in [2.05, 4.69) is 12.2 Å². The zero-order valence-corrected chi connectivity index (χ0v) is 13.6. The highest BCUT2D eigenvalue weighted by Gasteiger charge is 2.77. The summed E-state index contributed by atoms with van der Waals surface area (Å²) < 4.78 is 6.22. The number of allylic oxidation sites excluding steroid dienone is 2. The van der Waals surface area contributed by atoms with E-state index < -0.39 is 36.0 Å². The molecule has 5 heteroatoms. The number of carbonyl (C=O) groups is 2.